The van der Waals surface area contributed by atoms with Crippen LogP contribution in [0, 0.1) is 21.4 Å². The van der Waals surface area contributed by atoms with Gasteiger partial charge < -0.3 is 0 Å². The molecule has 0 heterocycles. The summed E-state index contributed by atoms with van der Waals surface area (Å²) in [5.74, 6) is -0.211. The number of nitriles is 1. The number of ketones is 1. The van der Waals surface area contributed by atoms with Gasteiger partial charge in [-0.15, -0.1) is 0 Å². The molecule has 1 aromatic rings. The second kappa shape index (κ2) is 4.86. The molecule has 1 unspecified atom stereocenters. The van der Waals surface area contributed by atoms with E-state index in [1.807, 2.05) is 0 Å². The van der Waals surface area contributed by atoms with E-state index in [-0.39, 0.29) is 17.0 Å². The maximum Gasteiger partial charge on any atom is 0.287 e. The average molecular weight is 283 g/mol. The summed E-state index contributed by atoms with van der Waals surface area (Å²) in [6.07, 6.45) is 0. The fourth-order valence-electron chi connectivity index (χ4n) is 1.26. The first-order chi connectivity index (χ1) is 7.49. The number of nitro groups is 1. The predicted molar refractivity (Wildman–Crippen MR) is 60.2 cm³/mol. The van der Waals surface area contributed by atoms with E-state index < -0.39 is 9.75 Å². The van der Waals surface area contributed by atoms with E-state index in [0.29, 0.717) is 5.56 Å². The lowest BCUT2D eigenvalue weighted by atomic mass is 10.0. The third-order valence-corrected chi connectivity index (χ3v) is 3.15. The number of hydrogen-bond donors (Lipinski definition) is 0. The summed E-state index contributed by atoms with van der Waals surface area (Å²) in [7, 11) is 0. The van der Waals surface area contributed by atoms with E-state index >= 15 is 0 Å². The van der Waals surface area contributed by atoms with Crippen molar-refractivity contribution in [1.29, 1.82) is 5.26 Å². The number of alkyl halides is 1. The lowest BCUT2D eigenvalue weighted by Gasteiger charge is -2.07. The minimum Gasteiger partial charge on any atom is -0.298 e. The van der Waals surface area contributed by atoms with Gasteiger partial charge in [0, 0.05) is 6.07 Å². The Balaban J connectivity index is 3.42. The van der Waals surface area contributed by atoms with Crippen molar-refractivity contribution >= 4 is 27.4 Å². The summed E-state index contributed by atoms with van der Waals surface area (Å²) in [4.78, 5) is 20.5. The minimum absolute atomic E-state index is 0.0791. The Kier molecular flexibility index (Phi) is 3.74. The highest BCUT2D eigenvalue weighted by Gasteiger charge is 2.23. The zero-order valence-electron chi connectivity index (χ0n) is 8.31. The topological polar surface area (TPSA) is 84.0 Å². The molecule has 0 saturated carbocycles. The lowest BCUT2D eigenvalue weighted by molar-refractivity contribution is -0.385. The number of carbonyl (C=O) groups excluding carboxylic acids is 1. The van der Waals surface area contributed by atoms with Crippen molar-refractivity contribution in [2.45, 2.75) is 11.8 Å². The van der Waals surface area contributed by atoms with Gasteiger partial charge in [0.1, 0.15) is 17.4 Å². The zero-order chi connectivity index (χ0) is 12.3. The SMILES string of the molecule is CC(=O)C(Br)c1cccc([N+](=O)[O-])c1C#N. The Morgan fingerprint density at radius 1 is 1.62 bits per heavy atom. The number of nitrogens with zero attached hydrogens (tertiary/aromatic N) is 2. The van der Waals surface area contributed by atoms with Gasteiger partial charge in [0.05, 0.1) is 9.75 Å². The summed E-state index contributed by atoms with van der Waals surface area (Å²) in [5, 5.41) is 19.6. The van der Waals surface area contributed by atoms with Crippen LogP contribution in [0.3, 0.4) is 0 Å². The second-order valence-corrected chi connectivity index (χ2v) is 4.00. The highest BCUT2D eigenvalue weighted by Crippen LogP contribution is 2.31. The average Bonchev–Trinajstić information content (AvgIpc) is 2.26. The van der Waals surface area contributed by atoms with Crippen molar-refractivity contribution in [3.8, 4) is 6.07 Å². The van der Waals surface area contributed by atoms with Crippen molar-refractivity contribution in [1.82, 2.24) is 0 Å². The van der Waals surface area contributed by atoms with Crippen molar-refractivity contribution in [2.24, 2.45) is 0 Å². The molecule has 16 heavy (non-hydrogen) atoms. The van der Waals surface area contributed by atoms with Gasteiger partial charge in [-0.1, -0.05) is 28.1 Å². The second-order valence-electron chi connectivity index (χ2n) is 3.08. The van der Waals surface area contributed by atoms with Gasteiger partial charge in [-0.25, -0.2) is 0 Å². The molecule has 0 radical (unpaired) electrons. The van der Waals surface area contributed by atoms with E-state index in [0.717, 1.165) is 0 Å². The number of hydrogen-bond acceptors (Lipinski definition) is 4. The summed E-state index contributed by atoms with van der Waals surface area (Å²) < 4.78 is 0. The quantitative estimate of drug-likeness (QED) is 0.484. The fourth-order valence-corrected chi connectivity index (χ4v) is 1.64. The normalized spacial score (nSPS) is 11.6. The van der Waals surface area contributed by atoms with Crippen molar-refractivity contribution < 1.29 is 9.72 Å². The van der Waals surface area contributed by atoms with E-state index in [9.17, 15) is 14.9 Å². The molecule has 6 heteroatoms. The Morgan fingerprint density at radius 2 is 2.25 bits per heavy atom. The highest BCUT2D eigenvalue weighted by molar-refractivity contribution is 9.09. The van der Waals surface area contributed by atoms with Crippen LogP contribution in [0.2, 0.25) is 0 Å². The van der Waals surface area contributed by atoms with Crippen molar-refractivity contribution in [3.63, 3.8) is 0 Å². The van der Waals surface area contributed by atoms with E-state index in [1.165, 1.54) is 25.1 Å². The van der Waals surface area contributed by atoms with Crippen LogP contribution in [0.1, 0.15) is 22.9 Å². The molecule has 0 amide bonds. The summed E-state index contributed by atoms with van der Waals surface area (Å²) in [6.45, 7) is 1.35. The first-order valence-electron chi connectivity index (χ1n) is 4.31. The maximum absolute atomic E-state index is 11.2. The van der Waals surface area contributed by atoms with Crippen molar-refractivity contribution in [3.05, 3.63) is 39.4 Å². The molecular formula is C10H7BrN2O3. The zero-order valence-corrected chi connectivity index (χ0v) is 9.89. The van der Waals surface area contributed by atoms with Crippen LogP contribution in [-0.4, -0.2) is 10.7 Å². The third kappa shape index (κ3) is 2.25. The van der Waals surface area contributed by atoms with Crippen LogP contribution in [-0.2, 0) is 4.79 Å². The van der Waals surface area contributed by atoms with Crippen LogP contribution in [0.25, 0.3) is 0 Å². The monoisotopic (exact) mass is 282 g/mol. The number of benzene rings is 1. The number of nitro benzene ring substituents is 1. The molecular weight excluding hydrogens is 276 g/mol. The first kappa shape index (κ1) is 12.3. The fraction of sp³-hybridized carbons (Fsp3) is 0.200. The van der Waals surface area contributed by atoms with Crippen molar-refractivity contribution in [2.75, 3.05) is 0 Å². The Hall–Kier alpha value is -1.74. The number of halogens is 1. The Labute approximate surface area is 100.0 Å². The smallest absolute Gasteiger partial charge is 0.287 e. The van der Waals surface area contributed by atoms with Gasteiger partial charge in [0.2, 0.25) is 0 Å². The van der Waals surface area contributed by atoms with E-state index in [1.54, 1.807) is 6.07 Å². The number of carbonyl (C=O) groups is 1. The van der Waals surface area contributed by atoms with Crippen LogP contribution in [0.5, 0.6) is 0 Å². The van der Waals surface area contributed by atoms with Crippen LogP contribution in [0.4, 0.5) is 5.69 Å². The number of rotatable bonds is 3. The van der Waals surface area contributed by atoms with Crippen LogP contribution >= 0.6 is 15.9 Å². The standard InChI is InChI=1S/C10H7BrN2O3/c1-6(14)10(11)7-3-2-4-9(13(15)16)8(7)5-12/h2-4,10H,1H3. The molecule has 0 aliphatic rings. The summed E-state index contributed by atoms with van der Waals surface area (Å²) >= 11 is 3.10. The molecule has 0 spiro atoms. The van der Waals surface area contributed by atoms with Gasteiger partial charge in [-0.05, 0) is 12.5 Å². The molecule has 0 N–H and O–H groups in total. The molecule has 1 aromatic carbocycles. The summed E-state index contributed by atoms with van der Waals surface area (Å²) in [6, 6.07) is 5.97. The minimum atomic E-state index is -0.693. The molecule has 1 rings (SSSR count). The largest absolute Gasteiger partial charge is 0.298 e. The summed E-state index contributed by atoms with van der Waals surface area (Å²) in [5.41, 5.74) is -0.0422. The van der Waals surface area contributed by atoms with E-state index in [4.69, 9.17) is 5.26 Å². The predicted octanol–water partition coefficient (Wildman–Crippen LogP) is 2.49. The molecule has 5 nitrogen and oxygen atoms in total. The van der Waals surface area contributed by atoms with Crippen LogP contribution < -0.4 is 0 Å². The Bertz CT molecular complexity index is 493. The lowest BCUT2D eigenvalue weighted by Crippen LogP contribution is -2.05. The number of Topliss-reactive ketones (excluding diaryl/α,β-unsaturated/α-hetero) is 1. The van der Waals surface area contributed by atoms with Gasteiger partial charge in [0.15, 0.2) is 0 Å². The Morgan fingerprint density at radius 3 is 2.69 bits per heavy atom. The molecule has 1 atom stereocenters. The van der Waals surface area contributed by atoms with Gasteiger partial charge in [-0.2, -0.15) is 5.26 Å². The molecule has 0 aliphatic carbocycles. The highest BCUT2D eigenvalue weighted by atomic mass is 79.9. The van der Waals surface area contributed by atoms with Gasteiger partial charge >= 0.3 is 0 Å². The van der Waals surface area contributed by atoms with E-state index in [2.05, 4.69) is 15.9 Å². The molecule has 0 aromatic heterocycles. The molecule has 0 saturated heterocycles. The molecule has 82 valence electrons. The molecule has 0 aliphatic heterocycles. The maximum atomic E-state index is 11.2. The van der Waals surface area contributed by atoms with Gasteiger partial charge in [0.25, 0.3) is 5.69 Å². The molecule has 0 fully saturated rings. The third-order valence-electron chi connectivity index (χ3n) is 2.01. The van der Waals surface area contributed by atoms with Gasteiger partial charge in [-0.3, -0.25) is 14.9 Å². The first-order valence-corrected chi connectivity index (χ1v) is 5.22. The van der Waals surface area contributed by atoms with Crippen LogP contribution in [0.15, 0.2) is 18.2 Å². The molecule has 0 bridgehead atoms.